The van der Waals surface area contributed by atoms with Crippen LogP contribution in [0.25, 0.3) is 11.1 Å². The number of ketones is 1. The van der Waals surface area contributed by atoms with Crippen molar-refractivity contribution < 1.29 is 33.4 Å². The number of ether oxygens (including phenoxy) is 3. The van der Waals surface area contributed by atoms with E-state index in [4.69, 9.17) is 14.2 Å². The molecular weight excluding hydrogens is 450 g/mol. The maximum absolute atomic E-state index is 13.6. The Morgan fingerprint density at radius 3 is 1.91 bits per heavy atom. The Balaban J connectivity index is 1.89. The SMILES string of the molecule is CC(C)(C)OC(=O)N[C@H](Cc1ccc(-c2ccccc2)cc1)C(=O)C1(C)C(=O)OC(C)(C)OC1=O. The summed E-state index contributed by atoms with van der Waals surface area (Å²) >= 11 is 0. The number of benzene rings is 2. The molecule has 1 aliphatic rings. The monoisotopic (exact) mass is 481 g/mol. The van der Waals surface area contributed by atoms with Crippen LogP contribution in [0.3, 0.4) is 0 Å². The number of cyclic esters (lactones) is 2. The lowest BCUT2D eigenvalue weighted by atomic mass is 9.79. The zero-order valence-electron chi connectivity index (χ0n) is 20.8. The molecule has 2 aromatic rings. The van der Waals surface area contributed by atoms with E-state index in [1.54, 1.807) is 20.8 Å². The van der Waals surface area contributed by atoms with Crippen molar-refractivity contribution in [1.29, 1.82) is 0 Å². The summed E-state index contributed by atoms with van der Waals surface area (Å²) in [5.74, 6) is -4.39. The van der Waals surface area contributed by atoms with Gasteiger partial charge in [-0.15, -0.1) is 0 Å². The Morgan fingerprint density at radius 1 is 0.886 bits per heavy atom. The van der Waals surface area contributed by atoms with E-state index in [1.807, 2.05) is 54.6 Å². The van der Waals surface area contributed by atoms with Gasteiger partial charge in [0.2, 0.25) is 5.41 Å². The predicted octanol–water partition coefficient (Wildman–Crippen LogP) is 4.20. The van der Waals surface area contributed by atoms with Crippen LogP contribution in [0.5, 0.6) is 0 Å². The molecule has 0 unspecified atom stereocenters. The lowest BCUT2D eigenvalue weighted by Crippen LogP contribution is -2.61. The molecule has 8 nitrogen and oxygen atoms in total. The summed E-state index contributed by atoms with van der Waals surface area (Å²) in [5, 5.41) is 2.53. The number of amides is 1. The molecule has 1 amide bonds. The van der Waals surface area contributed by atoms with Gasteiger partial charge >= 0.3 is 18.0 Å². The third-order valence-electron chi connectivity index (χ3n) is 5.49. The van der Waals surface area contributed by atoms with E-state index in [0.29, 0.717) is 5.56 Å². The molecule has 0 spiro atoms. The van der Waals surface area contributed by atoms with Crippen LogP contribution < -0.4 is 5.32 Å². The van der Waals surface area contributed by atoms with Gasteiger partial charge in [0.1, 0.15) is 5.60 Å². The minimum atomic E-state index is -2.24. The molecule has 0 aromatic heterocycles. The number of esters is 2. The zero-order valence-corrected chi connectivity index (χ0v) is 20.8. The highest BCUT2D eigenvalue weighted by Gasteiger charge is 2.59. The van der Waals surface area contributed by atoms with Gasteiger partial charge in [0.05, 0.1) is 6.04 Å². The fraction of sp³-hybridized carbons (Fsp3) is 0.407. The van der Waals surface area contributed by atoms with Crippen molar-refractivity contribution in [2.24, 2.45) is 5.41 Å². The summed E-state index contributed by atoms with van der Waals surface area (Å²) in [5.41, 5.74) is -0.335. The average Bonchev–Trinajstić information content (AvgIpc) is 2.75. The number of alkyl carbamates (subject to hydrolysis) is 1. The number of nitrogens with one attached hydrogen (secondary N) is 1. The second kappa shape index (κ2) is 9.52. The van der Waals surface area contributed by atoms with Crippen molar-refractivity contribution in [1.82, 2.24) is 5.32 Å². The predicted molar refractivity (Wildman–Crippen MR) is 128 cm³/mol. The summed E-state index contributed by atoms with van der Waals surface area (Å²) in [4.78, 5) is 51.6. The highest BCUT2D eigenvalue weighted by Crippen LogP contribution is 2.34. The van der Waals surface area contributed by atoms with Crippen molar-refractivity contribution in [3.05, 3.63) is 60.2 Å². The van der Waals surface area contributed by atoms with Crippen LogP contribution in [0.4, 0.5) is 4.79 Å². The Hall–Kier alpha value is -3.68. The van der Waals surface area contributed by atoms with E-state index < -0.39 is 46.7 Å². The van der Waals surface area contributed by atoms with Crippen LogP contribution in [-0.4, -0.2) is 41.2 Å². The summed E-state index contributed by atoms with van der Waals surface area (Å²) in [6.07, 6.45) is -0.828. The lowest BCUT2D eigenvalue weighted by molar-refractivity contribution is -0.247. The fourth-order valence-corrected chi connectivity index (χ4v) is 3.66. The molecule has 2 aromatic carbocycles. The highest BCUT2D eigenvalue weighted by molar-refractivity contribution is 6.22. The van der Waals surface area contributed by atoms with E-state index in [9.17, 15) is 19.2 Å². The summed E-state index contributed by atoms with van der Waals surface area (Å²) in [6.45, 7) is 9.01. The van der Waals surface area contributed by atoms with Crippen LogP contribution in [-0.2, 0) is 35.0 Å². The molecule has 0 radical (unpaired) electrons. The first kappa shape index (κ1) is 25.9. The molecule has 1 N–H and O–H groups in total. The number of Topliss-reactive ketones (excluding diaryl/α,β-unsaturated/α-hetero) is 1. The van der Waals surface area contributed by atoms with Crippen molar-refractivity contribution in [2.75, 3.05) is 0 Å². The van der Waals surface area contributed by atoms with Gasteiger partial charge in [-0.1, -0.05) is 54.6 Å². The normalized spacial score (nSPS) is 17.5. The largest absolute Gasteiger partial charge is 0.444 e. The lowest BCUT2D eigenvalue weighted by Gasteiger charge is -2.38. The third kappa shape index (κ3) is 6.07. The van der Waals surface area contributed by atoms with Crippen molar-refractivity contribution in [3.63, 3.8) is 0 Å². The van der Waals surface area contributed by atoms with E-state index >= 15 is 0 Å². The quantitative estimate of drug-likeness (QED) is 0.487. The average molecular weight is 482 g/mol. The van der Waals surface area contributed by atoms with Gasteiger partial charge in [-0.25, -0.2) is 4.79 Å². The summed E-state index contributed by atoms with van der Waals surface area (Å²) < 4.78 is 15.7. The van der Waals surface area contributed by atoms with Gasteiger partial charge in [-0.05, 0) is 50.8 Å². The first-order valence-corrected chi connectivity index (χ1v) is 11.4. The molecule has 3 rings (SSSR count). The summed E-state index contributed by atoms with van der Waals surface area (Å²) in [6, 6.07) is 15.9. The minimum absolute atomic E-state index is 0.0205. The van der Waals surface area contributed by atoms with Gasteiger partial charge in [0, 0.05) is 13.8 Å². The fourth-order valence-electron chi connectivity index (χ4n) is 3.66. The van der Waals surface area contributed by atoms with Crippen LogP contribution in [0, 0.1) is 5.41 Å². The molecule has 0 aliphatic carbocycles. The molecule has 1 heterocycles. The number of rotatable bonds is 6. The standard InChI is InChI=1S/C27H31NO7/c1-25(2,3)35-24(32)28-20(21(29)27(6)22(30)33-26(4,5)34-23(27)31)16-17-12-14-19(15-13-17)18-10-8-7-9-11-18/h7-15,20H,16H2,1-6H3,(H,28,32)/t20-/m1/s1. The van der Waals surface area contributed by atoms with E-state index in [-0.39, 0.29) is 6.42 Å². The number of carbonyl (C=O) groups is 4. The Morgan fingerprint density at radius 2 is 1.40 bits per heavy atom. The second-order valence-electron chi connectivity index (χ2n) is 10.1. The van der Waals surface area contributed by atoms with E-state index in [0.717, 1.165) is 18.1 Å². The third-order valence-corrected chi connectivity index (χ3v) is 5.49. The maximum Gasteiger partial charge on any atom is 0.408 e. The molecule has 0 bridgehead atoms. The smallest absolute Gasteiger partial charge is 0.408 e. The Bertz CT molecular complexity index is 1090. The van der Waals surface area contributed by atoms with Gasteiger partial charge < -0.3 is 19.5 Å². The van der Waals surface area contributed by atoms with Crippen LogP contribution in [0.2, 0.25) is 0 Å². The van der Waals surface area contributed by atoms with Crippen molar-refractivity contribution in [3.8, 4) is 11.1 Å². The number of carbonyl (C=O) groups excluding carboxylic acids is 4. The molecule has 1 aliphatic heterocycles. The van der Waals surface area contributed by atoms with Gasteiger partial charge in [0.15, 0.2) is 5.78 Å². The minimum Gasteiger partial charge on any atom is -0.444 e. The van der Waals surface area contributed by atoms with Gasteiger partial charge in [-0.3, -0.25) is 14.4 Å². The van der Waals surface area contributed by atoms with Crippen LogP contribution in [0.15, 0.2) is 54.6 Å². The molecule has 8 heteroatoms. The number of hydrogen-bond acceptors (Lipinski definition) is 7. The van der Waals surface area contributed by atoms with E-state index in [1.165, 1.54) is 13.8 Å². The first-order chi connectivity index (χ1) is 16.2. The molecule has 0 saturated carbocycles. The topological polar surface area (TPSA) is 108 Å². The molecule has 1 saturated heterocycles. The second-order valence-corrected chi connectivity index (χ2v) is 10.1. The summed E-state index contributed by atoms with van der Waals surface area (Å²) in [7, 11) is 0. The molecule has 1 fully saturated rings. The Kier molecular flexibility index (Phi) is 7.06. The van der Waals surface area contributed by atoms with Crippen molar-refractivity contribution in [2.45, 2.75) is 65.4 Å². The van der Waals surface area contributed by atoms with Crippen LogP contribution in [0.1, 0.15) is 47.1 Å². The van der Waals surface area contributed by atoms with Gasteiger partial charge in [-0.2, -0.15) is 0 Å². The van der Waals surface area contributed by atoms with E-state index in [2.05, 4.69) is 5.32 Å². The van der Waals surface area contributed by atoms with Gasteiger partial charge in [0.25, 0.3) is 5.79 Å². The zero-order chi connectivity index (χ0) is 26.0. The number of hydrogen-bond donors (Lipinski definition) is 1. The molecule has 1 atom stereocenters. The first-order valence-electron chi connectivity index (χ1n) is 11.4. The maximum atomic E-state index is 13.6. The molecule has 186 valence electrons. The highest BCUT2D eigenvalue weighted by atomic mass is 16.7. The molecular formula is C27H31NO7. The van der Waals surface area contributed by atoms with Crippen LogP contribution >= 0.6 is 0 Å². The van der Waals surface area contributed by atoms with Crippen molar-refractivity contribution >= 4 is 23.8 Å². The molecule has 35 heavy (non-hydrogen) atoms. The Labute approximate surface area is 204 Å².